The Kier molecular flexibility index (Phi) is 13.4. The van der Waals surface area contributed by atoms with Gasteiger partial charge in [0.2, 0.25) is 11.7 Å². The number of amides is 2. The van der Waals surface area contributed by atoms with Crippen LogP contribution in [-0.2, 0) is 25.6 Å². The Balaban J connectivity index is 1.51. The van der Waals surface area contributed by atoms with E-state index in [0.29, 0.717) is 28.8 Å². The Morgan fingerprint density at radius 3 is 1.98 bits per heavy atom. The van der Waals surface area contributed by atoms with Gasteiger partial charge in [-0.3, -0.25) is 19.4 Å². The normalized spacial score (nSPS) is 11.6. The van der Waals surface area contributed by atoms with E-state index in [-0.39, 0.29) is 34.7 Å². The van der Waals surface area contributed by atoms with Crippen LogP contribution in [0.5, 0.6) is 0 Å². The van der Waals surface area contributed by atoms with Crippen LogP contribution in [-0.4, -0.2) is 55.2 Å². The number of aliphatic imine (C=N–C) groups is 1. The third kappa shape index (κ3) is 10.2. The Morgan fingerprint density at radius 1 is 0.735 bits per heavy atom. The molecule has 0 fully saturated rings. The van der Waals surface area contributed by atoms with Crippen molar-refractivity contribution in [3.05, 3.63) is 131 Å². The predicted molar refractivity (Wildman–Crippen MR) is 191 cm³/mol. The summed E-state index contributed by atoms with van der Waals surface area (Å²) in [6.45, 7) is 1.82. The van der Waals surface area contributed by atoms with Crippen LogP contribution >= 0.6 is 11.8 Å². The number of hydrogen-bond acceptors (Lipinski definition) is 9. The molecule has 49 heavy (non-hydrogen) atoms. The second-order valence-corrected chi connectivity index (χ2v) is 12.0. The molecule has 2 amide bonds. The molecule has 4 aromatic carbocycles. The molecule has 11 heteroatoms. The summed E-state index contributed by atoms with van der Waals surface area (Å²) in [5.74, 6) is -2.28. The number of carbonyl (C=O) groups excluding carboxylic acids is 5. The van der Waals surface area contributed by atoms with E-state index in [4.69, 9.17) is 9.47 Å². The fraction of sp³-hybridized carbons (Fsp3) is 0.211. The lowest BCUT2D eigenvalue weighted by Gasteiger charge is -2.15. The van der Waals surface area contributed by atoms with Crippen molar-refractivity contribution in [2.45, 2.75) is 31.6 Å². The fourth-order valence-electron chi connectivity index (χ4n) is 4.88. The molecular weight excluding hydrogens is 642 g/mol. The molecule has 0 saturated carbocycles. The number of ether oxygens (including phenoxy) is 2. The molecule has 2 N–H and O–H groups in total. The van der Waals surface area contributed by atoms with E-state index in [2.05, 4.69) is 34.7 Å². The number of para-hydroxylation sites is 1. The van der Waals surface area contributed by atoms with Crippen LogP contribution in [0.2, 0.25) is 0 Å². The lowest BCUT2D eigenvalue weighted by atomic mass is 10.0. The summed E-state index contributed by atoms with van der Waals surface area (Å²) in [5, 5.41) is 5.84. The van der Waals surface area contributed by atoms with Gasteiger partial charge in [0, 0.05) is 34.4 Å². The number of nitrogens with one attached hydrogen (secondary N) is 2. The van der Waals surface area contributed by atoms with Gasteiger partial charge in [0.25, 0.3) is 5.91 Å². The lowest BCUT2D eigenvalue weighted by Crippen LogP contribution is -2.30. The summed E-state index contributed by atoms with van der Waals surface area (Å²) in [6, 6.07) is 29.1. The monoisotopic (exact) mass is 679 g/mol. The van der Waals surface area contributed by atoms with Crippen LogP contribution in [0.25, 0.3) is 0 Å². The average molecular weight is 680 g/mol. The molecule has 0 bridgehead atoms. The SMILES string of the molecule is CCC(SCCC(=O)Nc1ccc(C(=O)C(=NCc2cc(C(=O)OC)ccc2C(=O)OC)C(=O)Nc2ccccc2)cc1)c1ccccc1. The van der Waals surface area contributed by atoms with Gasteiger partial charge in [0.1, 0.15) is 0 Å². The average Bonchev–Trinajstić information content (AvgIpc) is 3.13. The molecular formula is C38H37N3O7S. The van der Waals surface area contributed by atoms with Crippen molar-refractivity contribution in [3.8, 4) is 0 Å². The predicted octanol–water partition coefficient (Wildman–Crippen LogP) is 6.94. The number of rotatable bonds is 15. The number of nitrogens with zero attached hydrogens (tertiary/aromatic N) is 1. The molecule has 0 aromatic heterocycles. The number of hydrogen-bond donors (Lipinski definition) is 2. The first-order chi connectivity index (χ1) is 23.7. The van der Waals surface area contributed by atoms with Gasteiger partial charge in [0.05, 0.1) is 31.9 Å². The largest absolute Gasteiger partial charge is 0.465 e. The number of anilines is 2. The summed E-state index contributed by atoms with van der Waals surface area (Å²) >= 11 is 1.73. The van der Waals surface area contributed by atoms with Crippen LogP contribution in [0, 0.1) is 0 Å². The van der Waals surface area contributed by atoms with Crippen molar-refractivity contribution in [2.75, 3.05) is 30.6 Å². The number of benzene rings is 4. The molecule has 4 rings (SSSR count). The third-order valence-corrected chi connectivity index (χ3v) is 8.87. The van der Waals surface area contributed by atoms with E-state index in [1.165, 1.54) is 50.1 Å². The Labute approximate surface area is 289 Å². The number of carbonyl (C=O) groups is 5. The van der Waals surface area contributed by atoms with Gasteiger partial charge >= 0.3 is 11.9 Å². The minimum Gasteiger partial charge on any atom is -0.465 e. The number of methoxy groups -OCH3 is 2. The minimum atomic E-state index is -0.768. The zero-order chi connectivity index (χ0) is 35.2. The number of esters is 2. The van der Waals surface area contributed by atoms with Gasteiger partial charge in [-0.05, 0) is 72.1 Å². The van der Waals surface area contributed by atoms with Crippen molar-refractivity contribution in [1.82, 2.24) is 0 Å². The maximum atomic E-state index is 13.7. The molecule has 0 radical (unpaired) electrons. The summed E-state index contributed by atoms with van der Waals surface area (Å²) in [4.78, 5) is 68.8. The first-order valence-corrected chi connectivity index (χ1v) is 16.6. The van der Waals surface area contributed by atoms with E-state index < -0.39 is 29.3 Å². The highest BCUT2D eigenvalue weighted by molar-refractivity contribution is 7.99. The molecule has 0 spiro atoms. The zero-order valence-corrected chi connectivity index (χ0v) is 28.3. The summed E-state index contributed by atoms with van der Waals surface area (Å²) < 4.78 is 9.66. The third-order valence-electron chi connectivity index (χ3n) is 7.42. The van der Waals surface area contributed by atoms with Gasteiger partial charge in [0.15, 0.2) is 5.71 Å². The minimum absolute atomic E-state index is 0.109. The fourth-order valence-corrected chi connectivity index (χ4v) is 6.05. The molecule has 1 unspecified atom stereocenters. The molecule has 0 aliphatic carbocycles. The number of thioether (sulfide) groups is 1. The van der Waals surface area contributed by atoms with E-state index in [0.717, 1.165) is 6.42 Å². The van der Waals surface area contributed by atoms with Crippen molar-refractivity contribution in [3.63, 3.8) is 0 Å². The smallest absolute Gasteiger partial charge is 0.338 e. The Morgan fingerprint density at radius 2 is 1.35 bits per heavy atom. The quantitative estimate of drug-likeness (QED) is 0.0596. The second kappa shape index (κ2) is 18.1. The Bertz CT molecular complexity index is 1810. The first kappa shape index (κ1) is 36.3. The second-order valence-electron chi connectivity index (χ2n) is 10.7. The van der Waals surface area contributed by atoms with Crippen molar-refractivity contribution in [2.24, 2.45) is 4.99 Å². The molecule has 1 atom stereocenters. The molecule has 0 aliphatic heterocycles. The van der Waals surface area contributed by atoms with E-state index in [1.807, 2.05) is 18.2 Å². The molecule has 4 aromatic rings. The maximum Gasteiger partial charge on any atom is 0.338 e. The highest BCUT2D eigenvalue weighted by atomic mass is 32.2. The summed E-state index contributed by atoms with van der Waals surface area (Å²) in [5.41, 5.74) is 2.41. The maximum absolute atomic E-state index is 13.7. The van der Waals surface area contributed by atoms with Gasteiger partial charge in [-0.2, -0.15) is 11.8 Å². The van der Waals surface area contributed by atoms with Gasteiger partial charge in [-0.25, -0.2) is 9.59 Å². The van der Waals surface area contributed by atoms with Crippen LogP contribution < -0.4 is 10.6 Å². The summed E-state index contributed by atoms with van der Waals surface area (Å²) in [6.07, 6.45) is 1.27. The molecule has 252 valence electrons. The number of ketones is 1. The van der Waals surface area contributed by atoms with E-state index >= 15 is 0 Å². The topological polar surface area (TPSA) is 140 Å². The molecule has 10 nitrogen and oxygen atoms in total. The standard InChI is InChI=1S/C38H37N3O7S/c1-4-32(25-11-7-5-8-12-25)49-22-21-33(42)40-30-18-15-26(16-19-30)35(43)34(36(44)41-29-13-9-6-10-14-29)39-24-28-23-27(37(45)47-2)17-20-31(28)38(46)48-3/h5-20,23,32H,4,21-22,24H2,1-3H3,(H,40,42)(H,41,44). The van der Waals surface area contributed by atoms with Crippen molar-refractivity contribution >= 4 is 58.4 Å². The first-order valence-electron chi connectivity index (χ1n) is 15.6. The van der Waals surface area contributed by atoms with Crippen molar-refractivity contribution in [1.29, 1.82) is 0 Å². The van der Waals surface area contributed by atoms with E-state index in [9.17, 15) is 24.0 Å². The summed E-state index contributed by atoms with van der Waals surface area (Å²) in [7, 11) is 2.44. The molecule has 0 heterocycles. The highest BCUT2D eigenvalue weighted by Crippen LogP contribution is 2.32. The van der Waals surface area contributed by atoms with E-state index in [1.54, 1.807) is 54.2 Å². The Hall–Kier alpha value is -5.55. The van der Waals surface area contributed by atoms with Crippen LogP contribution in [0.1, 0.15) is 67.2 Å². The van der Waals surface area contributed by atoms with Crippen LogP contribution in [0.15, 0.2) is 108 Å². The van der Waals surface area contributed by atoms with Gasteiger partial charge < -0.3 is 20.1 Å². The number of Topliss-reactive ketones (excluding diaryl/α,β-unsaturated/α-hetero) is 1. The molecule has 0 saturated heterocycles. The van der Waals surface area contributed by atoms with Gasteiger partial charge in [-0.15, -0.1) is 0 Å². The zero-order valence-electron chi connectivity index (χ0n) is 27.4. The van der Waals surface area contributed by atoms with Crippen molar-refractivity contribution < 1.29 is 33.4 Å². The van der Waals surface area contributed by atoms with Gasteiger partial charge in [-0.1, -0.05) is 55.5 Å². The molecule has 0 aliphatic rings. The van der Waals surface area contributed by atoms with Crippen LogP contribution in [0.3, 0.4) is 0 Å². The van der Waals surface area contributed by atoms with Crippen LogP contribution in [0.4, 0.5) is 11.4 Å². The lowest BCUT2D eigenvalue weighted by molar-refractivity contribution is -0.115. The highest BCUT2D eigenvalue weighted by Gasteiger charge is 2.24.